The molecule has 2 aromatic rings. The van der Waals surface area contributed by atoms with Gasteiger partial charge in [0.1, 0.15) is 12.0 Å². The number of hydrogen-bond acceptors (Lipinski definition) is 3. The second-order valence-electron chi connectivity index (χ2n) is 5.46. The topological polar surface area (TPSA) is 63.3 Å². The highest BCUT2D eigenvalue weighted by Gasteiger charge is 2.29. The molecule has 21 heavy (non-hydrogen) atoms. The van der Waals surface area contributed by atoms with Crippen LogP contribution in [0.3, 0.4) is 0 Å². The summed E-state index contributed by atoms with van der Waals surface area (Å²) in [6, 6.07) is 7.46. The summed E-state index contributed by atoms with van der Waals surface area (Å²) in [7, 11) is 0. The lowest BCUT2D eigenvalue weighted by Gasteiger charge is -2.23. The van der Waals surface area contributed by atoms with Crippen LogP contribution in [0.25, 0.3) is 11.3 Å². The van der Waals surface area contributed by atoms with E-state index in [-0.39, 0.29) is 11.8 Å². The van der Waals surface area contributed by atoms with Crippen molar-refractivity contribution in [3.05, 3.63) is 41.4 Å². The summed E-state index contributed by atoms with van der Waals surface area (Å²) < 4.78 is 5.59. The largest absolute Gasteiger partial charge is 0.481 e. The Morgan fingerprint density at radius 3 is 2.48 bits per heavy atom. The third-order valence-corrected chi connectivity index (χ3v) is 4.34. The fourth-order valence-corrected chi connectivity index (χ4v) is 2.94. The molecule has 0 saturated heterocycles. The summed E-state index contributed by atoms with van der Waals surface area (Å²) in [5.41, 5.74) is 1.76. The quantitative estimate of drug-likeness (QED) is 0.915. The summed E-state index contributed by atoms with van der Waals surface area (Å²) in [4.78, 5) is 15.5. The van der Waals surface area contributed by atoms with Gasteiger partial charge in [0.2, 0.25) is 0 Å². The maximum Gasteiger partial charge on any atom is 0.306 e. The van der Waals surface area contributed by atoms with E-state index >= 15 is 0 Å². The SMILES string of the molecule is O=C(O)[C@H]1CC[C@H](c2nc(-c3ccc(Cl)cc3)co2)CC1. The molecule has 1 aliphatic carbocycles. The molecule has 1 fully saturated rings. The number of rotatable bonds is 3. The minimum absolute atomic E-state index is 0.216. The molecule has 3 rings (SSSR count). The van der Waals surface area contributed by atoms with Gasteiger partial charge in [-0.2, -0.15) is 0 Å². The van der Waals surface area contributed by atoms with Crippen LogP contribution in [0.2, 0.25) is 5.02 Å². The zero-order chi connectivity index (χ0) is 14.8. The van der Waals surface area contributed by atoms with Gasteiger partial charge < -0.3 is 9.52 Å². The number of carbonyl (C=O) groups is 1. The van der Waals surface area contributed by atoms with Crippen LogP contribution in [0.15, 0.2) is 34.9 Å². The van der Waals surface area contributed by atoms with Gasteiger partial charge in [-0.15, -0.1) is 0 Å². The van der Waals surface area contributed by atoms with E-state index in [1.807, 2.05) is 24.3 Å². The monoisotopic (exact) mass is 305 g/mol. The molecule has 1 saturated carbocycles. The molecule has 110 valence electrons. The van der Waals surface area contributed by atoms with E-state index in [4.69, 9.17) is 21.1 Å². The van der Waals surface area contributed by atoms with Crippen molar-refractivity contribution >= 4 is 17.6 Å². The average Bonchev–Trinajstić information content (AvgIpc) is 2.98. The molecule has 5 heteroatoms. The fraction of sp³-hybridized carbons (Fsp3) is 0.375. The Balaban J connectivity index is 1.71. The Bertz CT molecular complexity index is 627. The van der Waals surface area contributed by atoms with Gasteiger partial charge >= 0.3 is 5.97 Å². The molecular weight excluding hydrogens is 290 g/mol. The summed E-state index contributed by atoms with van der Waals surface area (Å²) >= 11 is 5.87. The molecule has 1 aliphatic rings. The van der Waals surface area contributed by atoms with Crippen LogP contribution in [-0.4, -0.2) is 16.1 Å². The van der Waals surface area contributed by atoms with Crippen molar-refractivity contribution in [2.24, 2.45) is 5.92 Å². The highest BCUT2D eigenvalue weighted by Crippen LogP contribution is 2.36. The van der Waals surface area contributed by atoms with Crippen LogP contribution in [0.4, 0.5) is 0 Å². The molecule has 0 spiro atoms. The highest BCUT2D eigenvalue weighted by atomic mass is 35.5. The van der Waals surface area contributed by atoms with Crippen LogP contribution >= 0.6 is 11.6 Å². The molecule has 0 atom stereocenters. The van der Waals surface area contributed by atoms with Gasteiger partial charge in [0, 0.05) is 16.5 Å². The minimum Gasteiger partial charge on any atom is -0.481 e. The maximum atomic E-state index is 11.0. The summed E-state index contributed by atoms with van der Waals surface area (Å²) in [6.07, 6.45) is 4.67. The lowest BCUT2D eigenvalue weighted by atomic mass is 9.82. The third kappa shape index (κ3) is 3.10. The smallest absolute Gasteiger partial charge is 0.306 e. The molecule has 1 heterocycles. The van der Waals surface area contributed by atoms with Gasteiger partial charge in [-0.25, -0.2) is 4.98 Å². The summed E-state index contributed by atoms with van der Waals surface area (Å²) in [5, 5.41) is 9.71. The van der Waals surface area contributed by atoms with Crippen molar-refractivity contribution in [1.82, 2.24) is 4.98 Å². The van der Waals surface area contributed by atoms with E-state index in [2.05, 4.69) is 4.98 Å². The van der Waals surface area contributed by atoms with Crippen molar-refractivity contribution in [1.29, 1.82) is 0 Å². The molecule has 1 N–H and O–H groups in total. The third-order valence-electron chi connectivity index (χ3n) is 4.09. The maximum absolute atomic E-state index is 11.0. The molecule has 0 bridgehead atoms. The van der Waals surface area contributed by atoms with Crippen molar-refractivity contribution in [3.8, 4) is 11.3 Å². The first-order valence-electron chi connectivity index (χ1n) is 7.07. The van der Waals surface area contributed by atoms with Crippen LogP contribution in [-0.2, 0) is 4.79 Å². The number of hydrogen-bond donors (Lipinski definition) is 1. The van der Waals surface area contributed by atoms with Gasteiger partial charge in [-0.05, 0) is 37.8 Å². The van der Waals surface area contributed by atoms with E-state index < -0.39 is 5.97 Å². The number of aliphatic carboxylic acids is 1. The Kier molecular flexibility index (Phi) is 3.97. The second kappa shape index (κ2) is 5.90. The number of nitrogens with zero attached hydrogens (tertiary/aromatic N) is 1. The second-order valence-corrected chi connectivity index (χ2v) is 5.90. The predicted molar refractivity (Wildman–Crippen MR) is 79.3 cm³/mol. The Hall–Kier alpha value is -1.81. The van der Waals surface area contributed by atoms with Crippen LogP contribution in [0.1, 0.15) is 37.5 Å². The van der Waals surface area contributed by atoms with Gasteiger partial charge in [0.25, 0.3) is 0 Å². The molecule has 0 unspecified atom stereocenters. The van der Waals surface area contributed by atoms with Gasteiger partial charge in [0.15, 0.2) is 5.89 Å². The molecule has 0 amide bonds. The fourth-order valence-electron chi connectivity index (χ4n) is 2.82. The first-order chi connectivity index (χ1) is 10.1. The molecular formula is C16H16ClNO3. The van der Waals surface area contributed by atoms with Crippen molar-refractivity contribution in [2.45, 2.75) is 31.6 Å². The Labute approximate surface area is 127 Å². The van der Waals surface area contributed by atoms with E-state index in [1.54, 1.807) is 6.26 Å². The van der Waals surface area contributed by atoms with E-state index in [1.165, 1.54) is 0 Å². The van der Waals surface area contributed by atoms with Gasteiger partial charge in [-0.1, -0.05) is 23.7 Å². The lowest BCUT2D eigenvalue weighted by molar-refractivity contribution is -0.142. The number of halogens is 1. The molecule has 1 aromatic carbocycles. The molecule has 4 nitrogen and oxygen atoms in total. The van der Waals surface area contributed by atoms with Crippen LogP contribution < -0.4 is 0 Å². The summed E-state index contributed by atoms with van der Waals surface area (Å²) in [6.45, 7) is 0. The predicted octanol–water partition coefficient (Wildman–Crippen LogP) is 4.35. The number of carboxylic acid groups (broad SMARTS) is 1. The van der Waals surface area contributed by atoms with Crippen molar-refractivity contribution in [3.63, 3.8) is 0 Å². The lowest BCUT2D eigenvalue weighted by Crippen LogP contribution is -2.20. The van der Waals surface area contributed by atoms with E-state index in [0.717, 1.165) is 24.1 Å². The Morgan fingerprint density at radius 2 is 1.86 bits per heavy atom. The van der Waals surface area contributed by atoms with Crippen molar-refractivity contribution in [2.75, 3.05) is 0 Å². The Morgan fingerprint density at radius 1 is 1.19 bits per heavy atom. The van der Waals surface area contributed by atoms with Gasteiger partial charge in [-0.3, -0.25) is 4.79 Å². The first-order valence-corrected chi connectivity index (χ1v) is 7.45. The number of carboxylic acids is 1. The summed E-state index contributed by atoms with van der Waals surface area (Å²) in [5.74, 6) is 0.0279. The standard InChI is InChI=1S/C16H16ClNO3/c17-13-7-5-10(6-8-13)14-9-21-15(18-14)11-1-3-12(4-2-11)16(19)20/h5-9,11-12H,1-4H2,(H,19,20)/t11-,12-. The van der Waals surface area contributed by atoms with Crippen LogP contribution in [0.5, 0.6) is 0 Å². The van der Waals surface area contributed by atoms with Crippen molar-refractivity contribution < 1.29 is 14.3 Å². The van der Waals surface area contributed by atoms with E-state index in [0.29, 0.717) is 23.8 Å². The first kappa shape index (κ1) is 14.1. The molecule has 1 aromatic heterocycles. The van der Waals surface area contributed by atoms with Gasteiger partial charge in [0.05, 0.1) is 5.92 Å². The zero-order valence-electron chi connectivity index (χ0n) is 11.5. The van der Waals surface area contributed by atoms with E-state index in [9.17, 15) is 4.79 Å². The average molecular weight is 306 g/mol. The number of benzene rings is 1. The molecule has 0 aliphatic heterocycles. The number of oxazole rings is 1. The zero-order valence-corrected chi connectivity index (χ0v) is 12.2. The molecule has 0 radical (unpaired) electrons. The van der Waals surface area contributed by atoms with Crippen LogP contribution in [0, 0.1) is 5.92 Å². The number of aromatic nitrogens is 1. The highest BCUT2D eigenvalue weighted by molar-refractivity contribution is 6.30. The minimum atomic E-state index is -0.692. The normalized spacial score (nSPS) is 22.1.